The first-order chi connectivity index (χ1) is 9.40. The predicted molar refractivity (Wildman–Crippen MR) is 74.4 cm³/mol. The van der Waals surface area contributed by atoms with Crippen LogP contribution in [0.4, 0.5) is 0 Å². The highest BCUT2D eigenvalue weighted by Crippen LogP contribution is 2.21. The van der Waals surface area contributed by atoms with Gasteiger partial charge in [0.05, 0.1) is 25.9 Å². The van der Waals surface area contributed by atoms with Gasteiger partial charge in [0, 0.05) is 18.7 Å². The van der Waals surface area contributed by atoms with E-state index in [1.165, 1.54) is 32.1 Å². The number of rotatable bonds is 7. The molecule has 0 aromatic rings. The largest absolute Gasteiger partial charge is 0.377 e. The van der Waals surface area contributed by atoms with Gasteiger partial charge in [-0.1, -0.05) is 0 Å². The monoisotopic (exact) mass is 267 g/mol. The van der Waals surface area contributed by atoms with E-state index < -0.39 is 0 Å². The van der Waals surface area contributed by atoms with Crippen molar-refractivity contribution in [1.82, 2.24) is 10.6 Å². The normalized spacial score (nSPS) is 26.2. The molecule has 0 bridgehead atoms. The lowest BCUT2D eigenvalue weighted by Gasteiger charge is -2.12. The molecule has 2 aliphatic carbocycles. The summed E-state index contributed by atoms with van der Waals surface area (Å²) >= 11 is 0. The molecule has 5 nitrogen and oxygen atoms in total. The van der Waals surface area contributed by atoms with Gasteiger partial charge in [-0.3, -0.25) is 4.99 Å². The van der Waals surface area contributed by atoms with Crippen molar-refractivity contribution in [3.63, 3.8) is 0 Å². The molecule has 0 amide bonds. The van der Waals surface area contributed by atoms with Crippen molar-refractivity contribution in [3.05, 3.63) is 0 Å². The zero-order valence-corrected chi connectivity index (χ0v) is 11.6. The molecular weight excluding hydrogens is 242 g/mol. The van der Waals surface area contributed by atoms with Crippen LogP contribution < -0.4 is 10.6 Å². The number of aliphatic imine (C=N–C) groups is 1. The van der Waals surface area contributed by atoms with Crippen LogP contribution in [0.25, 0.3) is 0 Å². The minimum Gasteiger partial charge on any atom is -0.377 e. The molecule has 0 unspecified atom stereocenters. The molecule has 1 aliphatic heterocycles. The fraction of sp³-hybridized carbons (Fsp3) is 0.929. The van der Waals surface area contributed by atoms with Gasteiger partial charge in [-0.15, -0.1) is 0 Å². The minimum atomic E-state index is 0.317. The molecule has 1 heterocycles. The number of guanidine groups is 1. The smallest absolute Gasteiger partial charge is 0.191 e. The van der Waals surface area contributed by atoms with Crippen LogP contribution in [0, 0.1) is 0 Å². The molecule has 5 heteroatoms. The van der Waals surface area contributed by atoms with E-state index in [9.17, 15) is 0 Å². The van der Waals surface area contributed by atoms with E-state index in [0.29, 0.717) is 24.8 Å². The highest BCUT2D eigenvalue weighted by molar-refractivity contribution is 5.81. The summed E-state index contributed by atoms with van der Waals surface area (Å²) in [7, 11) is 0. The van der Waals surface area contributed by atoms with Gasteiger partial charge in [-0.05, 0) is 38.5 Å². The van der Waals surface area contributed by atoms with Crippen molar-refractivity contribution in [2.75, 3.05) is 26.4 Å². The number of nitrogens with zero attached hydrogens (tertiary/aromatic N) is 1. The fourth-order valence-electron chi connectivity index (χ4n) is 2.19. The Balaban J connectivity index is 1.30. The average Bonchev–Trinajstić information content (AvgIpc) is 3.33. The highest BCUT2D eigenvalue weighted by Gasteiger charge is 2.26. The Morgan fingerprint density at radius 1 is 1.11 bits per heavy atom. The molecule has 0 aromatic carbocycles. The van der Waals surface area contributed by atoms with Gasteiger partial charge >= 0.3 is 0 Å². The Hall–Kier alpha value is -0.810. The first kappa shape index (κ1) is 13.2. The highest BCUT2D eigenvalue weighted by atomic mass is 16.5. The summed E-state index contributed by atoms with van der Waals surface area (Å²) in [5.74, 6) is 0.978. The van der Waals surface area contributed by atoms with Crippen LogP contribution in [0.3, 0.4) is 0 Å². The van der Waals surface area contributed by atoms with Gasteiger partial charge in [0.2, 0.25) is 0 Å². The molecule has 0 spiro atoms. The summed E-state index contributed by atoms with van der Waals surface area (Å²) in [5, 5.41) is 6.91. The molecule has 2 N–H and O–H groups in total. The van der Waals surface area contributed by atoms with Crippen molar-refractivity contribution in [2.24, 2.45) is 4.99 Å². The Kier molecular flexibility index (Phi) is 4.56. The maximum Gasteiger partial charge on any atom is 0.191 e. The third-order valence-corrected chi connectivity index (χ3v) is 3.67. The van der Waals surface area contributed by atoms with Crippen LogP contribution in [0.1, 0.15) is 38.5 Å². The van der Waals surface area contributed by atoms with Gasteiger partial charge < -0.3 is 20.1 Å². The molecule has 1 atom stereocenters. The topological polar surface area (TPSA) is 54.9 Å². The Labute approximate surface area is 115 Å². The lowest BCUT2D eigenvalue weighted by Crippen LogP contribution is -2.40. The zero-order valence-electron chi connectivity index (χ0n) is 11.6. The molecule has 2 saturated carbocycles. The van der Waals surface area contributed by atoms with Crippen molar-refractivity contribution in [2.45, 2.75) is 56.7 Å². The summed E-state index contributed by atoms with van der Waals surface area (Å²) < 4.78 is 11.1. The standard InChI is InChI=1S/C14H25N3O2/c1-2-13(19-8-1)10-18-9-7-15-14(16-11-3-4-11)17-12-5-6-12/h11-13H,1-10H2,(H2,15,16,17)/t13-/m0/s1. The molecule has 0 radical (unpaired) electrons. The van der Waals surface area contributed by atoms with E-state index >= 15 is 0 Å². The first-order valence-electron chi connectivity index (χ1n) is 7.67. The summed E-state index contributed by atoms with van der Waals surface area (Å²) in [5.41, 5.74) is 0. The van der Waals surface area contributed by atoms with Gasteiger partial charge in [0.15, 0.2) is 5.96 Å². The number of ether oxygens (including phenoxy) is 2. The van der Waals surface area contributed by atoms with E-state index in [2.05, 4.69) is 15.6 Å². The average molecular weight is 267 g/mol. The van der Waals surface area contributed by atoms with Crippen LogP contribution in [0.15, 0.2) is 4.99 Å². The van der Waals surface area contributed by atoms with E-state index in [4.69, 9.17) is 9.47 Å². The first-order valence-corrected chi connectivity index (χ1v) is 7.67. The lowest BCUT2D eigenvalue weighted by molar-refractivity contribution is 0.0200. The van der Waals surface area contributed by atoms with Crippen LogP contribution in [0.2, 0.25) is 0 Å². The summed E-state index contributed by atoms with van der Waals surface area (Å²) in [6, 6.07) is 1.30. The van der Waals surface area contributed by atoms with E-state index in [0.717, 1.165) is 32.1 Å². The molecule has 3 rings (SSSR count). The van der Waals surface area contributed by atoms with Crippen molar-refractivity contribution < 1.29 is 9.47 Å². The van der Waals surface area contributed by atoms with Crippen molar-refractivity contribution in [3.8, 4) is 0 Å². The lowest BCUT2D eigenvalue weighted by atomic mass is 10.2. The molecule has 108 valence electrons. The summed E-state index contributed by atoms with van der Waals surface area (Å²) in [6.45, 7) is 3.02. The van der Waals surface area contributed by atoms with Gasteiger partial charge in [0.1, 0.15) is 0 Å². The second-order valence-electron chi connectivity index (χ2n) is 5.78. The Morgan fingerprint density at radius 2 is 1.84 bits per heavy atom. The van der Waals surface area contributed by atoms with Crippen LogP contribution in [0.5, 0.6) is 0 Å². The Morgan fingerprint density at radius 3 is 2.42 bits per heavy atom. The second-order valence-corrected chi connectivity index (χ2v) is 5.78. The predicted octanol–water partition coefficient (Wildman–Crippen LogP) is 1.04. The number of nitrogens with one attached hydrogen (secondary N) is 2. The van der Waals surface area contributed by atoms with Gasteiger partial charge in [-0.2, -0.15) is 0 Å². The molecule has 0 aromatic heterocycles. The molecule has 3 aliphatic rings. The van der Waals surface area contributed by atoms with E-state index in [1.807, 2.05) is 0 Å². The molecule has 19 heavy (non-hydrogen) atoms. The Bertz CT molecular complexity index is 292. The fourth-order valence-corrected chi connectivity index (χ4v) is 2.19. The zero-order chi connectivity index (χ0) is 12.9. The third-order valence-electron chi connectivity index (χ3n) is 3.67. The second kappa shape index (κ2) is 6.57. The summed E-state index contributed by atoms with van der Waals surface area (Å²) in [4.78, 5) is 4.58. The molecular formula is C14H25N3O2. The van der Waals surface area contributed by atoms with Gasteiger partial charge in [0.25, 0.3) is 0 Å². The van der Waals surface area contributed by atoms with Crippen LogP contribution in [-0.4, -0.2) is 50.5 Å². The van der Waals surface area contributed by atoms with Crippen LogP contribution in [-0.2, 0) is 9.47 Å². The summed E-state index contributed by atoms with van der Waals surface area (Å²) in [6.07, 6.45) is 7.75. The number of hydrogen-bond acceptors (Lipinski definition) is 3. The third kappa shape index (κ3) is 4.99. The molecule has 1 saturated heterocycles. The minimum absolute atomic E-state index is 0.317. The maximum absolute atomic E-state index is 5.62. The molecule has 3 fully saturated rings. The SMILES string of the molecule is C1CO[C@H](COCCN=C(NC2CC2)NC2CC2)C1. The van der Waals surface area contributed by atoms with E-state index in [1.54, 1.807) is 0 Å². The maximum atomic E-state index is 5.62. The van der Waals surface area contributed by atoms with Gasteiger partial charge in [-0.25, -0.2) is 0 Å². The van der Waals surface area contributed by atoms with Crippen LogP contribution >= 0.6 is 0 Å². The quantitative estimate of drug-likeness (QED) is 0.411. The number of hydrogen-bond donors (Lipinski definition) is 2. The van der Waals surface area contributed by atoms with E-state index in [-0.39, 0.29) is 0 Å². The van der Waals surface area contributed by atoms with Crippen molar-refractivity contribution >= 4 is 5.96 Å². The van der Waals surface area contributed by atoms with Crippen molar-refractivity contribution in [1.29, 1.82) is 0 Å².